The van der Waals surface area contributed by atoms with Gasteiger partial charge in [-0.15, -0.1) is 0 Å². The van der Waals surface area contributed by atoms with Crippen LogP contribution in [0.2, 0.25) is 0 Å². The first-order valence-corrected chi connectivity index (χ1v) is 11.5. The van der Waals surface area contributed by atoms with E-state index in [9.17, 15) is 9.59 Å². The van der Waals surface area contributed by atoms with E-state index in [0.29, 0.717) is 19.1 Å². The summed E-state index contributed by atoms with van der Waals surface area (Å²) >= 11 is 0. The maximum absolute atomic E-state index is 12.4. The molecule has 4 nitrogen and oxygen atoms in total. The Hall–Kier alpha value is -1.84. The average molecular weight is 405 g/mol. The third-order valence-corrected chi connectivity index (χ3v) is 5.29. The summed E-state index contributed by atoms with van der Waals surface area (Å²) in [7, 11) is 0. The van der Waals surface area contributed by atoms with E-state index < -0.39 is 11.9 Å². The fourth-order valence-electron chi connectivity index (χ4n) is 3.08. The van der Waals surface area contributed by atoms with Gasteiger partial charge < -0.3 is 9.47 Å². The zero-order valence-corrected chi connectivity index (χ0v) is 18.7. The van der Waals surface area contributed by atoms with Crippen molar-refractivity contribution in [2.45, 2.75) is 91.4 Å². The van der Waals surface area contributed by atoms with E-state index in [1.807, 2.05) is 6.92 Å². The standard InChI is InChI=1S/C25H40O4/c1-4-6-7-8-9-10-11-12-13-16-19-28-24(26)22-17-14-15-18-23(22)25(27)29-20-21(3)5-2/h14-15,17-18,21H,4-13,16,19-20H2,1-3H3. The van der Waals surface area contributed by atoms with Crippen molar-refractivity contribution in [1.29, 1.82) is 0 Å². The Morgan fingerprint density at radius 2 is 1.24 bits per heavy atom. The lowest BCUT2D eigenvalue weighted by Crippen LogP contribution is -2.16. The van der Waals surface area contributed by atoms with E-state index in [2.05, 4.69) is 13.8 Å². The van der Waals surface area contributed by atoms with Crippen LogP contribution in [0.1, 0.15) is 112 Å². The molecule has 0 N–H and O–H groups in total. The third-order valence-electron chi connectivity index (χ3n) is 5.29. The van der Waals surface area contributed by atoms with Crippen LogP contribution in [-0.4, -0.2) is 25.2 Å². The summed E-state index contributed by atoms with van der Waals surface area (Å²) in [6, 6.07) is 6.72. The van der Waals surface area contributed by atoms with Crippen molar-refractivity contribution in [1.82, 2.24) is 0 Å². The van der Waals surface area contributed by atoms with Crippen molar-refractivity contribution >= 4 is 11.9 Å². The number of benzene rings is 1. The van der Waals surface area contributed by atoms with Crippen molar-refractivity contribution in [2.24, 2.45) is 5.92 Å². The van der Waals surface area contributed by atoms with Gasteiger partial charge in [-0.3, -0.25) is 0 Å². The second kappa shape index (κ2) is 16.0. The first-order chi connectivity index (χ1) is 14.1. The van der Waals surface area contributed by atoms with Crippen LogP contribution in [0.15, 0.2) is 24.3 Å². The number of unbranched alkanes of at least 4 members (excludes halogenated alkanes) is 9. The average Bonchev–Trinajstić information content (AvgIpc) is 2.75. The Balaban J connectivity index is 2.27. The minimum absolute atomic E-state index is 0.281. The molecule has 0 bridgehead atoms. The summed E-state index contributed by atoms with van der Waals surface area (Å²) in [5, 5.41) is 0. The molecule has 0 aliphatic heterocycles. The molecule has 1 aromatic carbocycles. The molecule has 29 heavy (non-hydrogen) atoms. The van der Waals surface area contributed by atoms with Gasteiger partial charge in [0.25, 0.3) is 0 Å². The van der Waals surface area contributed by atoms with Crippen LogP contribution in [0, 0.1) is 5.92 Å². The van der Waals surface area contributed by atoms with Gasteiger partial charge in [0, 0.05) is 0 Å². The largest absolute Gasteiger partial charge is 0.462 e. The summed E-state index contributed by atoms with van der Waals surface area (Å²) in [5.74, 6) is -0.608. The Labute approximate surface area is 177 Å². The molecule has 0 fully saturated rings. The highest BCUT2D eigenvalue weighted by molar-refractivity contribution is 6.03. The molecule has 0 saturated carbocycles. The molecule has 164 valence electrons. The molecule has 0 aromatic heterocycles. The van der Waals surface area contributed by atoms with Crippen LogP contribution >= 0.6 is 0 Å². The van der Waals surface area contributed by atoms with Crippen molar-refractivity contribution < 1.29 is 19.1 Å². The number of carbonyl (C=O) groups is 2. The molecule has 0 amide bonds. The predicted molar refractivity (Wildman–Crippen MR) is 118 cm³/mol. The summed E-state index contributed by atoms with van der Waals surface area (Å²) in [6.45, 7) is 7.07. The quantitative estimate of drug-likeness (QED) is 0.220. The maximum atomic E-state index is 12.4. The van der Waals surface area contributed by atoms with Crippen LogP contribution in [0.3, 0.4) is 0 Å². The molecule has 0 aliphatic carbocycles. The lowest BCUT2D eigenvalue weighted by molar-refractivity contribution is 0.0419. The molecule has 1 rings (SSSR count). The Morgan fingerprint density at radius 1 is 0.759 bits per heavy atom. The molecular weight excluding hydrogens is 364 g/mol. The first-order valence-electron chi connectivity index (χ1n) is 11.5. The van der Waals surface area contributed by atoms with E-state index in [-0.39, 0.29) is 11.1 Å². The number of esters is 2. The summed E-state index contributed by atoms with van der Waals surface area (Å²) in [6.07, 6.45) is 13.3. The minimum Gasteiger partial charge on any atom is -0.462 e. The van der Waals surface area contributed by atoms with Gasteiger partial charge in [-0.1, -0.05) is 97.1 Å². The highest BCUT2D eigenvalue weighted by Crippen LogP contribution is 2.14. The van der Waals surface area contributed by atoms with Gasteiger partial charge in [-0.25, -0.2) is 9.59 Å². The van der Waals surface area contributed by atoms with Crippen molar-refractivity contribution in [3.8, 4) is 0 Å². The number of hydrogen-bond donors (Lipinski definition) is 0. The highest BCUT2D eigenvalue weighted by Gasteiger charge is 2.19. The lowest BCUT2D eigenvalue weighted by atomic mass is 10.1. The maximum Gasteiger partial charge on any atom is 0.339 e. The van der Waals surface area contributed by atoms with Crippen LogP contribution in [0.25, 0.3) is 0 Å². The normalized spacial score (nSPS) is 11.8. The number of rotatable bonds is 16. The van der Waals surface area contributed by atoms with Gasteiger partial charge in [0.1, 0.15) is 0 Å². The second-order valence-corrected chi connectivity index (χ2v) is 7.98. The molecule has 0 heterocycles. The molecular formula is C25H40O4. The number of ether oxygens (including phenoxy) is 2. The smallest absolute Gasteiger partial charge is 0.339 e. The van der Waals surface area contributed by atoms with E-state index in [1.54, 1.807) is 24.3 Å². The van der Waals surface area contributed by atoms with Gasteiger partial charge in [-0.2, -0.15) is 0 Å². The van der Waals surface area contributed by atoms with Crippen molar-refractivity contribution in [3.05, 3.63) is 35.4 Å². The first kappa shape index (κ1) is 25.2. The van der Waals surface area contributed by atoms with Crippen LogP contribution in [0.4, 0.5) is 0 Å². The Kier molecular flexibility index (Phi) is 13.9. The SMILES string of the molecule is CCCCCCCCCCCCOC(=O)c1ccccc1C(=O)OCC(C)CC. The van der Waals surface area contributed by atoms with Gasteiger partial charge >= 0.3 is 11.9 Å². The lowest BCUT2D eigenvalue weighted by Gasteiger charge is -2.12. The number of hydrogen-bond acceptors (Lipinski definition) is 4. The topological polar surface area (TPSA) is 52.6 Å². The molecule has 4 heteroatoms. The van der Waals surface area contributed by atoms with Gasteiger partial charge in [0.15, 0.2) is 0 Å². The Morgan fingerprint density at radius 3 is 1.76 bits per heavy atom. The van der Waals surface area contributed by atoms with Crippen molar-refractivity contribution in [2.75, 3.05) is 13.2 Å². The van der Waals surface area contributed by atoms with E-state index in [0.717, 1.165) is 19.3 Å². The molecule has 1 aromatic rings. The molecule has 0 aliphatic rings. The highest BCUT2D eigenvalue weighted by atomic mass is 16.5. The zero-order chi connectivity index (χ0) is 21.3. The summed E-state index contributed by atoms with van der Waals surface area (Å²) < 4.78 is 10.7. The number of carbonyl (C=O) groups excluding carboxylic acids is 2. The summed E-state index contributed by atoms with van der Waals surface area (Å²) in [4.78, 5) is 24.7. The van der Waals surface area contributed by atoms with Crippen LogP contribution in [0.5, 0.6) is 0 Å². The molecule has 1 atom stereocenters. The monoisotopic (exact) mass is 404 g/mol. The van der Waals surface area contributed by atoms with E-state index >= 15 is 0 Å². The van der Waals surface area contributed by atoms with Gasteiger partial charge in [0.2, 0.25) is 0 Å². The van der Waals surface area contributed by atoms with E-state index in [4.69, 9.17) is 9.47 Å². The summed E-state index contributed by atoms with van der Waals surface area (Å²) in [5.41, 5.74) is 0.567. The minimum atomic E-state index is -0.461. The second-order valence-electron chi connectivity index (χ2n) is 7.98. The van der Waals surface area contributed by atoms with Gasteiger partial charge in [0.05, 0.1) is 24.3 Å². The Bertz CT molecular complexity index is 582. The van der Waals surface area contributed by atoms with Gasteiger partial charge in [-0.05, 0) is 24.5 Å². The van der Waals surface area contributed by atoms with Crippen LogP contribution < -0.4 is 0 Å². The van der Waals surface area contributed by atoms with E-state index in [1.165, 1.54) is 51.4 Å². The zero-order valence-electron chi connectivity index (χ0n) is 18.7. The fraction of sp³-hybridized carbons (Fsp3) is 0.680. The fourth-order valence-corrected chi connectivity index (χ4v) is 3.08. The third kappa shape index (κ3) is 11.1. The van der Waals surface area contributed by atoms with Crippen molar-refractivity contribution in [3.63, 3.8) is 0 Å². The molecule has 1 unspecified atom stereocenters. The molecule has 0 radical (unpaired) electrons. The van der Waals surface area contributed by atoms with Crippen LogP contribution in [-0.2, 0) is 9.47 Å². The molecule has 0 saturated heterocycles. The molecule has 0 spiro atoms. The predicted octanol–water partition coefficient (Wildman–Crippen LogP) is 6.97.